The van der Waals surface area contributed by atoms with Gasteiger partial charge in [0.15, 0.2) is 0 Å². The van der Waals surface area contributed by atoms with Crippen LogP contribution in [0.25, 0.3) is 0 Å². The van der Waals surface area contributed by atoms with Gasteiger partial charge in [-0.1, -0.05) is 6.07 Å². The van der Waals surface area contributed by atoms with Gasteiger partial charge in [0.05, 0.1) is 11.4 Å². The maximum absolute atomic E-state index is 10.2. The molecule has 76 valence electrons. The molecule has 0 saturated heterocycles. The Morgan fingerprint density at radius 2 is 2.07 bits per heavy atom. The second-order valence-electron chi connectivity index (χ2n) is 2.95. The van der Waals surface area contributed by atoms with Crippen LogP contribution < -0.4 is 16.8 Å². The molecule has 1 amide bonds. The first-order valence-corrected chi connectivity index (χ1v) is 4.20. The van der Waals surface area contributed by atoms with Gasteiger partial charge in [-0.2, -0.15) is 0 Å². The lowest BCUT2D eigenvalue weighted by Gasteiger charge is -2.04. The molecule has 0 unspecified atom stereocenters. The molecular weight excluding hydrogens is 182 g/mol. The summed E-state index contributed by atoms with van der Waals surface area (Å²) >= 11 is 0. The SMILES string of the molecule is Nc1ccc(CCNC(=O)O)cc1N. The number of anilines is 2. The molecule has 0 saturated carbocycles. The van der Waals surface area contributed by atoms with Gasteiger partial charge >= 0.3 is 6.09 Å². The molecule has 5 nitrogen and oxygen atoms in total. The fourth-order valence-electron chi connectivity index (χ4n) is 1.09. The van der Waals surface area contributed by atoms with E-state index in [-0.39, 0.29) is 0 Å². The molecule has 0 heterocycles. The second kappa shape index (κ2) is 4.36. The highest BCUT2D eigenvalue weighted by Crippen LogP contribution is 2.15. The molecular formula is C9H13N3O2. The number of hydrogen-bond acceptors (Lipinski definition) is 3. The molecule has 6 N–H and O–H groups in total. The van der Waals surface area contributed by atoms with Crippen LogP contribution >= 0.6 is 0 Å². The molecule has 1 rings (SSSR count). The Kier molecular flexibility index (Phi) is 3.17. The average molecular weight is 195 g/mol. The summed E-state index contributed by atoms with van der Waals surface area (Å²) in [5, 5.41) is 10.6. The maximum atomic E-state index is 10.2. The van der Waals surface area contributed by atoms with E-state index in [1.54, 1.807) is 12.1 Å². The van der Waals surface area contributed by atoms with Gasteiger partial charge in [-0.05, 0) is 24.1 Å². The van der Waals surface area contributed by atoms with Crippen LogP contribution in [0.3, 0.4) is 0 Å². The minimum atomic E-state index is -1.02. The summed E-state index contributed by atoms with van der Waals surface area (Å²) in [5.74, 6) is 0. The summed E-state index contributed by atoms with van der Waals surface area (Å²) in [4.78, 5) is 10.2. The highest BCUT2D eigenvalue weighted by atomic mass is 16.4. The average Bonchev–Trinajstić information content (AvgIpc) is 2.10. The molecule has 14 heavy (non-hydrogen) atoms. The second-order valence-corrected chi connectivity index (χ2v) is 2.95. The molecule has 0 atom stereocenters. The molecule has 1 aromatic carbocycles. The van der Waals surface area contributed by atoms with Crippen LogP contribution in [0, 0.1) is 0 Å². The zero-order chi connectivity index (χ0) is 10.6. The summed E-state index contributed by atoms with van der Waals surface area (Å²) < 4.78 is 0. The van der Waals surface area contributed by atoms with Crippen molar-refractivity contribution in [2.45, 2.75) is 6.42 Å². The van der Waals surface area contributed by atoms with Crippen molar-refractivity contribution in [2.75, 3.05) is 18.0 Å². The topological polar surface area (TPSA) is 101 Å². The smallest absolute Gasteiger partial charge is 0.404 e. The standard InChI is InChI=1S/C9H13N3O2/c10-7-2-1-6(5-8(7)11)3-4-12-9(13)14/h1-2,5,12H,3-4,10-11H2,(H,13,14). The normalized spacial score (nSPS) is 9.71. The van der Waals surface area contributed by atoms with Crippen molar-refractivity contribution >= 4 is 17.5 Å². The van der Waals surface area contributed by atoms with E-state index in [9.17, 15) is 4.79 Å². The number of rotatable bonds is 3. The number of carbonyl (C=O) groups is 1. The zero-order valence-electron chi connectivity index (χ0n) is 7.66. The highest BCUT2D eigenvalue weighted by Gasteiger charge is 1.98. The molecule has 0 aliphatic heterocycles. The monoisotopic (exact) mass is 195 g/mol. The molecule has 0 radical (unpaired) electrons. The van der Waals surface area contributed by atoms with Gasteiger partial charge < -0.3 is 21.9 Å². The predicted octanol–water partition coefficient (Wildman–Crippen LogP) is 0.661. The molecule has 0 spiro atoms. The third-order valence-corrected chi connectivity index (χ3v) is 1.84. The summed E-state index contributed by atoms with van der Waals surface area (Å²) in [5.41, 5.74) is 13.2. The number of amides is 1. The van der Waals surface area contributed by atoms with Gasteiger partial charge in [0.1, 0.15) is 0 Å². The minimum Gasteiger partial charge on any atom is -0.465 e. The van der Waals surface area contributed by atoms with Crippen LogP contribution in [-0.4, -0.2) is 17.7 Å². The Labute approximate surface area is 81.7 Å². The minimum absolute atomic E-state index is 0.374. The quantitative estimate of drug-likeness (QED) is 0.532. The summed E-state index contributed by atoms with van der Waals surface area (Å²) in [7, 11) is 0. The Hall–Kier alpha value is -1.91. The first kappa shape index (κ1) is 10.2. The molecule has 0 aromatic heterocycles. The highest BCUT2D eigenvalue weighted by molar-refractivity contribution is 5.65. The largest absolute Gasteiger partial charge is 0.465 e. The third kappa shape index (κ3) is 2.85. The number of nitrogens with two attached hydrogens (primary N) is 2. The van der Waals surface area contributed by atoms with E-state index in [1.165, 1.54) is 0 Å². The van der Waals surface area contributed by atoms with Gasteiger partial charge in [-0.25, -0.2) is 4.79 Å². The number of hydrogen-bond donors (Lipinski definition) is 4. The van der Waals surface area contributed by atoms with Crippen molar-refractivity contribution in [2.24, 2.45) is 0 Å². The number of benzene rings is 1. The summed E-state index contributed by atoms with van der Waals surface area (Å²) in [6, 6.07) is 5.29. The van der Waals surface area contributed by atoms with Crippen LogP contribution in [-0.2, 0) is 6.42 Å². The number of nitrogen functional groups attached to an aromatic ring is 2. The van der Waals surface area contributed by atoms with Crippen molar-refractivity contribution in [3.8, 4) is 0 Å². The molecule has 0 fully saturated rings. The van der Waals surface area contributed by atoms with E-state index in [0.29, 0.717) is 24.3 Å². The number of carboxylic acid groups (broad SMARTS) is 1. The summed E-state index contributed by atoms with van der Waals surface area (Å²) in [6.45, 7) is 0.374. The van der Waals surface area contributed by atoms with Crippen molar-refractivity contribution in [1.82, 2.24) is 5.32 Å². The van der Waals surface area contributed by atoms with E-state index < -0.39 is 6.09 Å². The van der Waals surface area contributed by atoms with Crippen molar-refractivity contribution < 1.29 is 9.90 Å². The van der Waals surface area contributed by atoms with E-state index >= 15 is 0 Å². The molecule has 0 bridgehead atoms. The third-order valence-electron chi connectivity index (χ3n) is 1.84. The molecule has 1 aromatic rings. The molecule has 0 aliphatic carbocycles. The molecule has 5 heteroatoms. The maximum Gasteiger partial charge on any atom is 0.404 e. The fraction of sp³-hybridized carbons (Fsp3) is 0.222. The van der Waals surface area contributed by atoms with Crippen molar-refractivity contribution in [3.05, 3.63) is 23.8 Å². The molecule has 0 aliphatic rings. The Morgan fingerprint density at radius 3 is 2.64 bits per heavy atom. The van der Waals surface area contributed by atoms with Gasteiger partial charge in [0, 0.05) is 6.54 Å². The lowest BCUT2D eigenvalue weighted by atomic mass is 10.1. The Balaban J connectivity index is 2.51. The van der Waals surface area contributed by atoms with Gasteiger partial charge in [0.2, 0.25) is 0 Å². The van der Waals surface area contributed by atoms with Crippen LogP contribution in [0.2, 0.25) is 0 Å². The van der Waals surface area contributed by atoms with Crippen molar-refractivity contribution in [1.29, 1.82) is 0 Å². The Bertz CT molecular complexity index is 339. The predicted molar refractivity (Wildman–Crippen MR) is 55.0 cm³/mol. The van der Waals surface area contributed by atoms with Gasteiger partial charge in [0.25, 0.3) is 0 Å². The first-order valence-electron chi connectivity index (χ1n) is 4.20. The van der Waals surface area contributed by atoms with Gasteiger partial charge in [-0.3, -0.25) is 0 Å². The lowest BCUT2D eigenvalue weighted by Crippen LogP contribution is -2.23. The van der Waals surface area contributed by atoms with E-state index in [1.807, 2.05) is 6.07 Å². The first-order chi connectivity index (χ1) is 6.59. The van der Waals surface area contributed by atoms with Crippen LogP contribution in [0.15, 0.2) is 18.2 Å². The van der Waals surface area contributed by atoms with Crippen molar-refractivity contribution in [3.63, 3.8) is 0 Å². The lowest BCUT2D eigenvalue weighted by molar-refractivity contribution is 0.194. The van der Waals surface area contributed by atoms with E-state index in [4.69, 9.17) is 16.6 Å². The van der Waals surface area contributed by atoms with E-state index in [0.717, 1.165) is 5.56 Å². The van der Waals surface area contributed by atoms with Gasteiger partial charge in [-0.15, -0.1) is 0 Å². The fourth-order valence-corrected chi connectivity index (χ4v) is 1.09. The Morgan fingerprint density at radius 1 is 1.36 bits per heavy atom. The van der Waals surface area contributed by atoms with Crippen LogP contribution in [0.5, 0.6) is 0 Å². The number of nitrogens with one attached hydrogen (secondary N) is 1. The van der Waals surface area contributed by atoms with Crippen LogP contribution in [0.4, 0.5) is 16.2 Å². The zero-order valence-corrected chi connectivity index (χ0v) is 7.66. The van der Waals surface area contributed by atoms with E-state index in [2.05, 4.69) is 5.32 Å². The summed E-state index contributed by atoms with van der Waals surface area (Å²) in [6.07, 6.45) is -0.412. The van der Waals surface area contributed by atoms with Crippen LogP contribution in [0.1, 0.15) is 5.56 Å².